The Balaban J connectivity index is 1.76. The van der Waals surface area contributed by atoms with Gasteiger partial charge in [0.15, 0.2) is 0 Å². The van der Waals surface area contributed by atoms with Crippen LogP contribution in [0.15, 0.2) is 0 Å². The average molecular weight is 282 g/mol. The van der Waals surface area contributed by atoms with Crippen molar-refractivity contribution in [2.75, 3.05) is 26.7 Å². The van der Waals surface area contributed by atoms with E-state index in [4.69, 9.17) is 0 Å². The number of hydrogen-bond donors (Lipinski definition) is 1. The van der Waals surface area contributed by atoms with Gasteiger partial charge in [0.05, 0.1) is 12.1 Å². The van der Waals surface area contributed by atoms with Crippen molar-refractivity contribution in [1.29, 1.82) is 0 Å². The van der Waals surface area contributed by atoms with Gasteiger partial charge in [-0.1, -0.05) is 20.8 Å². The fraction of sp³-hybridized carbons (Fsp3) is 0.938. The van der Waals surface area contributed by atoms with Gasteiger partial charge in [0, 0.05) is 26.2 Å². The second kappa shape index (κ2) is 6.02. The summed E-state index contributed by atoms with van der Waals surface area (Å²) in [5.74, 6) is 1.27. The van der Waals surface area contributed by atoms with Gasteiger partial charge < -0.3 is 10.0 Å². The van der Waals surface area contributed by atoms with Gasteiger partial charge in [0.25, 0.3) is 0 Å². The summed E-state index contributed by atoms with van der Waals surface area (Å²) in [7, 11) is 1.94. The smallest absolute Gasteiger partial charge is 0.236 e. The SMILES string of the molecule is CC1CCC(N(C)C(=O)CN2CC(O)(C(C)C)C2)CC1. The molecule has 4 heteroatoms. The number of β-amino-alcohol motifs (C(OH)–C–C–N with tert-alkyl or cyclic N) is 1. The molecule has 0 unspecified atom stereocenters. The van der Waals surface area contributed by atoms with Crippen molar-refractivity contribution in [3.05, 3.63) is 0 Å². The van der Waals surface area contributed by atoms with Crippen molar-refractivity contribution >= 4 is 5.91 Å². The molecule has 2 fully saturated rings. The van der Waals surface area contributed by atoms with Crippen molar-refractivity contribution in [2.45, 2.75) is 58.1 Å². The van der Waals surface area contributed by atoms with E-state index in [0.717, 1.165) is 18.8 Å². The highest BCUT2D eigenvalue weighted by Crippen LogP contribution is 2.29. The van der Waals surface area contributed by atoms with Gasteiger partial charge in [-0.2, -0.15) is 0 Å². The number of amides is 1. The van der Waals surface area contributed by atoms with Gasteiger partial charge in [0.1, 0.15) is 0 Å². The van der Waals surface area contributed by atoms with Crippen molar-refractivity contribution in [2.24, 2.45) is 11.8 Å². The minimum absolute atomic E-state index is 0.204. The molecule has 0 atom stereocenters. The summed E-state index contributed by atoms with van der Waals surface area (Å²) in [4.78, 5) is 16.3. The van der Waals surface area contributed by atoms with E-state index in [1.807, 2.05) is 25.8 Å². The molecule has 1 aliphatic heterocycles. The minimum atomic E-state index is -0.584. The van der Waals surface area contributed by atoms with E-state index in [0.29, 0.717) is 25.7 Å². The van der Waals surface area contributed by atoms with Gasteiger partial charge >= 0.3 is 0 Å². The van der Waals surface area contributed by atoms with Gasteiger partial charge in [-0.25, -0.2) is 0 Å². The van der Waals surface area contributed by atoms with E-state index in [9.17, 15) is 9.90 Å². The Kier molecular flexibility index (Phi) is 4.75. The highest BCUT2D eigenvalue weighted by molar-refractivity contribution is 5.78. The molecule has 20 heavy (non-hydrogen) atoms. The maximum absolute atomic E-state index is 12.3. The molecule has 1 saturated heterocycles. The number of carbonyl (C=O) groups is 1. The summed E-state index contributed by atoms with van der Waals surface area (Å²) < 4.78 is 0. The van der Waals surface area contributed by atoms with Gasteiger partial charge in [-0.05, 0) is 37.5 Å². The van der Waals surface area contributed by atoms with Crippen molar-refractivity contribution in [3.63, 3.8) is 0 Å². The van der Waals surface area contributed by atoms with Crippen LogP contribution in [-0.4, -0.2) is 59.1 Å². The lowest BCUT2D eigenvalue weighted by atomic mass is 9.83. The number of likely N-dealkylation sites (tertiary alicyclic amines) is 1. The molecule has 0 spiro atoms. The fourth-order valence-corrected chi connectivity index (χ4v) is 3.34. The predicted octanol–water partition coefficient (Wildman–Crippen LogP) is 1.73. The molecule has 1 N–H and O–H groups in total. The maximum Gasteiger partial charge on any atom is 0.236 e. The molecule has 2 rings (SSSR count). The Bertz CT molecular complexity index is 342. The van der Waals surface area contributed by atoms with Crippen LogP contribution < -0.4 is 0 Å². The lowest BCUT2D eigenvalue weighted by molar-refractivity contribution is -0.150. The molecule has 0 radical (unpaired) electrons. The molecular weight excluding hydrogens is 252 g/mol. The third-order valence-electron chi connectivity index (χ3n) is 5.35. The van der Waals surface area contributed by atoms with E-state index in [1.54, 1.807) is 0 Å². The van der Waals surface area contributed by atoms with Crippen molar-refractivity contribution in [3.8, 4) is 0 Å². The van der Waals surface area contributed by atoms with E-state index in [-0.39, 0.29) is 11.8 Å². The quantitative estimate of drug-likeness (QED) is 0.854. The zero-order valence-corrected chi connectivity index (χ0v) is 13.4. The Morgan fingerprint density at radius 3 is 2.35 bits per heavy atom. The van der Waals surface area contributed by atoms with Crippen LogP contribution in [0.5, 0.6) is 0 Å². The van der Waals surface area contributed by atoms with Crippen LogP contribution in [0.1, 0.15) is 46.5 Å². The fourth-order valence-electron chi connectivity index (χ4n) is 3.34. The molecule has 2 aliphatic rings. The summed E-state index contributed by atoms with van der Waals surface area (Å²) in [6.45, 7) is 8.09. The van der Waals surface area contributed by atoms with Crippen LogP contribution in [0.3, 0.4) is 0 Å². The Hall–Kier alpha value is -0.610. The first-order chi connectivity index (χ1) is 9.32. The highest BCUT2D eigenvalue weighted by atomic mass is 16.3. The molecular formula is C16H30N2O2. The second-order valence-corrected chi connectivity index (χ2v) is 7.32. The van der Waals surface area contributed by atoms with Crippen LogP contribution in [-0.2, 0) is 4.79 Å². The molecule has 1 amide bonds. The van der Waals surface area contributed by atoms with Gasteiger partial charge in [0.2, 0.25) is 5.91 Å². The zero-order valence-electron chi connectivity index (χ0n) is 13.4. The summed E-state index contributed by atoms with van der Waals surface area (Å²) in [6, 6.07) is 0.420. The number of nitrogens with zero attached hydrogens (tertiary/aromatic N) is 2. The molecule has 0 aromatic carbocycles. The van der Waals surface area contributed by atoms with Gasteiger partial charge in [-0.3, -0.25) is 9.69 Å². The Labute approximate surface area is 123 Å². The highest BCUT2D eigenvalue weighted by Gasteiger charge is 2.44. The molecule has 0 aromatic heterocycles. The molecule has 116 valence electrons. The van der Waals surface area contributed by atoms with E-state index < -0.39 is 5.60 Å². The summed E-state index contributed by atoms with van der Waals surface area (Å²) in [5.41, 5.74) is -0.584. The molecule has 1 saturated carbocycles. The van der Waals surface area contributed by atoms with Crippen LogP contribution in [0.4, 0.5) is 0 Å². The molecule has 0 bridgehead atoms. The number of rotatable bonds is 4. The lowest BCUT2D eigenvalue weighted by Crippen LogP contribution is -2.66. The molecule has 1 heterocycles. The summed E-state index contributed by atoms with van der Waals surface area (Å²) in [6.07, 6.45) is 4.75. The average Bonchev–Trinajstić information content (AvgIpc) is 2.36. The van der Waals surface area contributed by atoms with Crippen molar-refractivity contribution < 1.29 is 9.90 Å². The topological polar surface area (TPSA) is 43.8 Å². The van der Waals surface area contributed by atoms with Crippen LogP contribution >= 0.6 is 0 Å². The maximum atomic E-state index is 12.3. The first kappa shape index (κ1) is 15.8. The Morgan fingerprint density at radius 2 is 1.85 bits per heavy atom. The number of hydrogen-bond acceptors (Lipinski definition) is 3. The molecule has 4 nitrogen and oxygen atoms in total. The molecule has 0 aromatic rings. The minimum Gasteiger partial charge on any atom is -0.387 e. The summed E-state index contributed by atoms with van der Waals surface area (Å²) >= 11 is 0. The monoisotopic (exact) mass is 282 g/mol. The third kappa shape index (κ3) is 3.34. The van der Waals surface area contributed by atoms with Crippen LogP contribution in [0.2, 0.25) is 0 Å². The largest absolute Gasteiger partial charge is 0.387 e. The first-order valence-corrected chi connectivity index (χ1v) is 8.02. The normalized spacial score (nSPS) is 30.1. The number of carbonyl (C=O) groups excluding carboxylic acids is 1. The standard InChI is InChI=1S/C16H30N2O2/c1-12(2)16(20)10-18(11-16)9-15(19)17(4)14-7-5-13(3)6-8-14/h12-14,20H,5-11H2,1-4H3. The first-order valence-electron chi connectivity index (χ1n) is 8.02. The Morgan fingerprint density at radius 1 is 1.30 bits per heavy atom. The predicted molar refractivity (Wildman–Crippen MR) is 80.4 cm³/mol. The van der Waals surface area contributed by atoms with E-state index in [1.165, 1.54) is 12.8 Å². The van der Waals surface area contributed by atoms with Crippen molar-refractivity contribution in [1.82, 2.24) is 9.80 Å². The second-order valence-electron chi connectivity index (χ2n) is 7.32. The van der Waals surface area contributed by atoms with Crippen LogP contribution in [0, 0.1) is 11.8 Å². The van der Waals surface area contributed by atoms with Gasteiger partial charge in [-0.15, -0.1) is 0 Å². The molecule has 1 aliphatic carbocycles. The lowest BCUT2D eigenvalue weighted by Gasteiger charge is -2.49. The number of likely N-dealkylation sites (N-methyl/N-ethyl adjacent to an activating group) is 1. The van der Waals surface area contributed by atoms with E-state index >= 15 is 0 Å². The summed E-state index contributed by atoms with van der Waals surface area (Å²) in [5, 5.41) is 10.2. The third-order valence-corrected chi connectivity index (χ3v) is 5.35. The van der Waals surface area contributed by atoms with E-state index in [2.05, 4.69) is 11.8 Å². The number of aliphatic hydroxyl groups is 1. The zero-order chi connectivity index (χ0) is 14.9. The van der Waals surface area contributed by atoms with Crippen LogP contribution in [0.25, 0.3) is 0 Å².